The third-order valence-corrected chi connectivity index (χ3v) is 2.63. The zero-order chi connectivity index (χ0) is 17.0. The third kappa shape index (κ3) is 6.20. The number of alkyl halides is 3. The lowest BCUT2D eigenvalue weighted by molar-refractivity contribution is -0.138. The second-order valence-corrected chi connectivity index (χ2v) is 5.86. The van der Waals surface area contributed by atoms with E-state index in [1.807, 2.05) is 0 Å². The van der Waals surface area contributed by atoms with Gasteiger partial charge in [-0.2, -0.15) is 13.2 Å². The quantitative estimate of drug-likeness (QED) is 0.888. The Morgan fingerprint density at radius 1 is 1.27 bits per heavy atom. The van der Waals surface area contributed by atoms with Crippen LogP contribution in [0.2, 0.25) is 0 Å². The minimum Gasteiger partial charge on any atom is -0.444 e. The summed E-state index contributed by atoms with van der Waals surface area (Å²) < 4.78 is 42.9. The van der Waals surface area contributed by atoms with E-state index in [1.54, 1.807) is 32.9 Å². The second kappa shape index (κ2) is 6.85. The maximum Gasteiger partial charge on any atom is 0.416 e. The molecule has 0 aliphatic carbocycles. The summed E-state index contributed by atoms with van der Waals surface area (Å²) in [5.41, 5.74) is -0.416. The highest BCUT2D eigenvalue weighted by Gasteiger charge is 2.31. The fraction of sp³-hybridized carbons (Fsp3) is 0.438. The lowest BCUT2D eigenvalue weighted by Gasteiger charge is -2.19. The molecule has 0 fully saturated rings. The van der Waals surface area contributed by atoms with Crippen molar-refractivity contribution in [2.45, 2.75) is 39.5 Å². The van der Waals surface area contributed by atoms with Crippen molar-refractivity contribution in [3.05, 3.63) is 41.0 Å². The Balaban J connectivity index is 2.58. The molecule has 0 bridgehead atoms. The van der Waals surface area contributed by atoms with Gasteiger partial charge < -0.3 is 10.1 Å². The number of rotatable bonds is 3. The number of hydrogen-bond donors (Lipinski definition) is 1. The molecule has 0 spiro atoms. The Kier molecular flexibility index (Phi) is 5.63. The molecule has 1 aromatic carbocycles. The number of benzene rings is 1. The first kappa shape index (κ1) is 18.1. The second-order valence-electron chi connectivity index (χ2n) is 5.86. The van der Waals surface area contributed by atoms with Gasteiger partial charge in [0.05, 0.1) is 5.56 Å². The number of nitrogens with one attached hydrogen (secondary N) is 1. The molecular formula is C16H20F3NO2. The zero-order valence-corrected chi connectivity index (χ0v) is 13.0. The van der Waals surface area contributed by atoms with E-state index in [-0.39, 0.29) is 12.1 Å². The maximum atomic E-state index is 12.6. The van der Waals surface area contributed by atoms with E-state index in [4.69, 9.17) is 4.74 Å². The first-order chi connectivity index (χ1) is 9.99. The third-order valence-electron chi connectivity index (χ3n) is 2.63. The maximum absolute atomic E-state index is 12.6. The van der Waals surface area contributed by atoms with Crippen LogP contribution in [-0.2, 0) is 10.9 Å². The SMILES string of the molecule is Cc1cc(C=CCNC(=O)OC(C)(C)C)ccc1C(F)(F)F. The summed E-state index contributed by atoms with van der Waals surface area (Å²) in [4.78, 5) is 11.4. The van der Waals surface area contributed by atoms with Crippen molar-refractivity contribution in [3.63, 3.8) is 0 Å². The predicted molar refractivity (Wildman–Crippen MR) is 79.5 cm³/mol. The van der Waals surface area contributed by atoms with Gasteiger partial charge in [-0.05, 0) is 44.9 Å². The van der Waals surface area contributed by atoms with Crippen LogP contribution in [0.3, 0.4) is 0 Å². The van der Waals surface area contributed by atoms with Gasteiger partial charge >= 0.3 is 12.3 Å². The van der Waals surface area contributed by atoms with Crippen molar-refractivity contribution >= 4 is 12.2 Å². The van der Waals surface area contributed by atoms with Gasteiger partial charge in [0.2, 0.25) is 0 Å². The van der Waals surface area contributed by atoms with Crippen LogP contribution >= 0.6 is 0 Å². The zero-order valence-electron chi connectivity index (χ0n) is 13.0. The molecule has 0 saturated carbocycles. The van der Waals surface area contributed by atoms with Crippen molar-refractivity contribution < 1.29 is 22.7 Å². The number of hydrogen-bond acceptors (Lipinski definition) is 2. The van der Waals surface area contributed by atoms with Crippen LogP contribution in [-0.4, -0.2) is 18.2 Å². The Bertz CT molecular complexity index is 557. The molecule has 6 heteroatoms. The fourth-order valence-corrected chi connectivity index (χ4v) is 1.76. The molecular weight excluding hydrogens is 295 g/mol. The average Bonchev–Trinajstić information content (AvgIpc) is 2.31. The van der Waals surface area contributed by atoms with Gasteiger partial charge in [0.25, 0.3) is 0 Å². The van der Waals surface area contributed by atoms with Gasteiger partial charge in [0.15, 0.2) is 0 Å². The number of ether oxygens (including phenoxy) is 1. The number of halogens is 3. The molecule has 1 amide bonds. The van der Waals surface area contributed by atoms with Crippen LogP contribution < -0.4 is 5.32 Å². The summed E-state index contributed by atoms with van der Waals surface area (Å²) in [6.07, 6.45) is -1.60. The van der Waals surface area contributed by atoms with Crippen LogP contribution in [0.4, 0.5) is 18.0 Å². The van der Waals surface area contributed by atoms with Crippen LogP contribution in [0, 0.1) is 6.92 Å². The molecule has 0 radical (unpaired) electrons. The van der Waals surface area contributed by atoms with E-state index in [9.17, 15) is 18.0 Å². The summed E-state index contributed by atoms with van der Waals surface area (Å²) >= 11 is 0. The van der Waals surface area contributed by atoms with E-state index < -0.39 is 23.4 Å². The van der Waals surface area contributed by atoms with Crippen LogP contribution in [0.1, 0.15) is 37.5 Å². The molecule has 1 rings (SSSR count). The highest BCUT2D eigenvalue weighted by molar-refractivity contribution is 5.68. The standard InChI is InChI=1S/C16H20F3NO2/c1-11-10-12(7-8-13(11)16(17,18)19)6-5-9-20-14(21)22-15(2,3)4/h5-8,10H,9H2,1-4H3,(H,20,21). The van der Waals surface area contributed by atoms with Crippen LogP contribution in [0.5, 0.6) is 0 Å². The summed E-state index contributed by atoms with van der Waals surface area (Å²) in [5.74, 6) is 0. The van der Waals surface area contributed by atoms with Crippen LogP contribution in [0.25, 0.3) is 6.08 Å². The first-order valence-electron chi connectivity index (χ1n) is 6.80. The average molecular weight is 315 g/mol. The number of amides is 1. The van der Waals surface area contributed by atoms with Crippen molar-refractivity contribution in [2.24, 2.45) is 0 Å². The van der Waals surface area contributed by atoms with Gasteiger partial charge in [-0.25, -0.2) is 4.79 Å². The molecule has 3 nitrogen and oxygen atoms in total. The monoisotopic (exact) mass is 315 g/mol. The molecule has 0 aliphatic heterocycles. The Labute approximate surface area is 128 Å². The number of carbonyl (C=O) groups excluding carboxylic acids is 1. The molecule has 0 heterocycles. The highest BCUT2D eigenvalue weighted by Crippen LogP contribution is 2.32. The Morgan fingerprint density at radius 2 is 1.91 bits per heavy atom. The van der Waals surface area contributed by atoms with Crippen molar-refractivity contribution in [2.75, 3.05) is 6.54 Å². The first-order valence-corrected chi connectivity index (χ1v) is 6.80. The van der Waals surface area contributed by atoms with E-state index in [1.165, 1.54) is 19.1 Å². The van der Waals surface area contributed by atoms with E-state index in [0.717, 1.165) is 6.07 Å². The highest BCUT2D eigenvalue weighted by atomic mass is 19.4. The van der Waals surface area contributed by atoms with Crippen molar-refractivity contribution in [3.8, 4) is 0 Å². The summed E-state index contributed by atoms with van der Waals surface area (Å²) in [5, 5.41) is 2.53. The number of alkyl carbamates (subject to hydrolysis) is 1. The van der Waals surface area contributed by atoms with Gasteiger partial charge in [-0.1, -0.05) is 24.3 Å². The Hall–Kier alpha value is -1.98. The lowest BCUT2D eigenvalue weighted by Crippen LogP contribution is -2.32. The van der Waals surface area contributed by atoms with E-state index in [2.05, 4.69) is 5.32 Å². The fourth-order valence-electron chi connectivity index (χ4n) is 1.76. The minimum absolute atomic E-state index is 0.162. The molecule has 122 valence electrons. The van der Waals surface area contributed by atoms with E-state index in [0.29, 0.717) is 5.56 Å². The molecule has 0 atom stereocenters. The largest absolute Gasteiger partial charge is 0.444 e. The molecule has 1 N–H and O–H groups in total. The topological polar surface area (TPSA) is 38.3 Å². The van der Waals surface area contributed by atoms with Crippen LogP contribution in [0.15, 0.2) is 24.3 Å². The normalized spacial score (nSPS) is 12.5. The Morgan fingerprint density at radius 3 is 2.41 bits per heavy atom. The summed E-state index contributed by atoms with van der Waals surface area (Å²) in [7, 11) is 0. The molecule has 0 unspecified atom stereocenters. The smallest absolute Gasteiger partial charge is 0.416 e. The van der Waals surface area contributed by atoms with Gasteiger partial charge in [0, 0.05) is 6.54 Å². The molecule has 0 aromatic heterocycles. The number of carbonyl (C=O) groups is 1. The molecule has 0 saturated heterocycles. The van der Waals surface area contributed by atoms with Crippen molar-refractivity contribution in [1.29, 1.82) is 0 Å². The number of aryl methyl sites for hydroxylation is 1. The van der Waals surface area contributed by atoms with Gasteiger partial charge in [-0.3, -0.25) is 0 Å². The molecule has 22 heavy (non-hydrogen) atoms. The lowest BCUT2D eigenvalue weighted by atomic mass is 10.0. The predicted octanol–water partition coefficient (Wildman–Crippen LogP) is 4.55. The summed E-state index contributed by atoms with van der Waals surface area (Å²) in [6.45, 7) is 6.92. The van der Waals surface area contributed by atoms with Gasteiger partial charge in [-0.15, -0.1) is 0 Å². The summed E-state index contributed by atoms with van der Waals surface area (Å²) in [6, 6.07) is 3.89. The molecule has 0 aliphatic rings. The minimum atomic E-state index is -4.34. The van der Waals surface area contributed by atoms with Gasteiger partial charge in [0.1, 0.15) is 5.60 Å². The molecule has 1 aromatic rings. The van der Waals surface area contributed by atoms with Crippen molar-refractivity contribution in [1.82, 2.24) is 5.32 Å². The van der Waals surface area contributed by atoms with E-state index >= 15 is 0 Å².